The molecule has 0 aliphatic carbocycles. The third-order valence-electron chi connectivity index (χ3n) is 6.90. The molecule has 2 saturated heterocycles. The summed E-state index contributed by atoms with van der Waals surface area (Å²) in [6.45, 7) is 4.36. The Morgan fingerprint density at radius 3 is 2.59 bits per heavy atom. The Labute approximate surface area is 173 Å². The molecule has 2 unspecified atom stereocenters. The van der Waals surface area contributed by atoms with Crippen molar-refractivity contribution in [2.75, 3.05) is 20.1 Å². The van der Waals surface area contributed by atoms with Crippen LogP contribution in [0.5, 0.6) is 0 Å². The lowest BCUT2D eigenvalue weighted by Gasteiger charge is -2.40. The second-order valence-corrected chi connectivity index (χ2v) is 8.64. The molecule has 0 amide bonds. The molecule has 0 radical (unpaired) electrons. The van der Waals surface area contributed by atoms with E-state index in [2.05, 4.69) is 59.1 Å². The predicted octanol–water partition coefficient (Wildman–Crippen LogP) is 4.56. The van der Waals surface area contributed by atoms with Gasteiger partial charge in [0.1, 0.15) is 5.82 Å². The van der Waals surface area contributed by atoms with E-state index in [4.69, 9.17) is 9.97 Å². The Balaban J connectivity index is 1.57. The predicted molar refractivity (Wildman–Crippen MR) is 117 cm³/mol. The van der Waals surface area contributed by atoms with Crippen LogP contribution in [0, 0.1) is 6.92 Å². The van der Waals surface area contributed by atoms with Crippen molar-refractivity contribution in [1.82, 2.24) is 24.8 Å². The maximum absolute atomic E-state index is 5.19. The molecule has 2 atom stereocenters. The fourth-order valence-corrected chi connectivity index (χ4v) is 5.36. The average molecular weight is 390 g/mol. The van der Waals surface area contributed by atoms with E-state index in [0.29, 0.717) is 18.1 Å². The molecule has 2 fully saturated rings. The minimum atomic E-state index is 0.331. The van der Waals surface area contributed by atoms with Gasteiger partial charge in [-0.1, -0.05) is 18.2 Å². The minimum Gasteiger partial charge on any atom is -0.323 e. The van der Waals surface area contributed by atoms with Crippen molar-refractivity contribution in [3.63, 3.8) is 0 Å². The van der Waals surface area contributed by atoms with Gasteiger partial charge >= 0.3 is 0 Å². The summed E-state index contributed by atoms with van der Waals surface area (Å²) in [6.07, 6.45) is 7.82. The largest absolute Gasteiger partial charge is 0.323 e. The fraction of sp³-hybridized carbons (Fsp3) is 0.500. The van der Waals surface area contributed by atoms with Crippen LogP contribution in [-0.2, 0) is 0 Å². The third kappa shape index (κ3) is 3.36. The molecule has 0 spiro atoms. The van der Waals surface area contributed by atoms with Crippen molar-refractivity contribution >= 4 is 11.0 Å². The van der Waals surface area contributed by atoms with Crippen LogP contribution in [0.25, 0.3) is 11.0 Å². The number of para-hydroxylation sites is 2. The van der Waals surface area contributed by atoms with Gasteiger partial charge in [0, 0.05) is 12.2 Å². The van der Waals surface area contributed by atoms with E-state index in [9.17, 15) is 0 Å². The van der Waals surface area contributed by atoms with Crippen LogP contribution in [0.3, 0.4) is 0 Å². The van der Waals surface area contributed by atoms with E-state index in [1.54, 1.807) is 0 Å². The minimum absolute atomic E-state index is 0.331. The summed E-state index contributed by atoms with van der Waals surface area (Å²) in [5.41, 5.74) is 4.94. The van der Waals surface area contributed by atoms with Crippen molar-refractivity contribution < 1.29 is 0 Å². The first kappa shape index (κ1) is 18.8. The number of piperidine rings is 2. The zero-order valence-electron chi connectivity index (χ0n) is 17.5. The van der Waals surface area contributed by atoms with E-state index >= 15 is 0 Å². The van der Waals surface area contributed by atoms with E-state index in [0.717, 1.165) is 25.0 Å². The number of rotatable bonds is 3. The number of aromatic nitrogens is 3. The van der Waals surface area contributed by atoms with E-state index in [1.165, 1.54) is 48.3 Å². The molecule has 2 aliphatic rings. The SMILES string of the molecule is Cc1cccnc1C1CCCC(c2nc3ccccc3n2C2CCNCC2)N1C. The second-order valence-electron chi connectivity index (χ2n) is 8.64. The summed E-state index contributed by atoms with van der Waals surface area (Å²) in [7, 11) is 2.27. The van der Waals surface area contributed by atoms with Gasteiger partial charge in [0.15, 0.2) is 0 Å². The van der Waals surface area contributed by atoms with Gasteiger partial charge in [-0.05, 0) is 82.9 Å². The summed E-state index contributed by atoms with van der Waals surface area (Å²) in [5.74, 6) is 1.25. The van der Waals surface area contributed by atoms with Gasteiger partial charge in [-0.3, -0.25) is 9.88 Å². The molecule has 5 heteroatoms. The lowest BCUT2D eigenvalue weighted by Crippen LogP contribution is -2.37. The molecule has 5 rings (SSSR count). The summed E-state index contributed by atoms with van der Waals surface area (Å²) in [5, 5.41) is 3.51. The molecular weight excluding hydrogens is 358 g/mol. The Bertz CT molecular complexity index is 988. The summed E-state index contributed by atoms with van der Waals surface area (Å²) in [4.78, 5) is 12.5. The highest BCUT2D eigenvalue weighted by Gasteiger charge is 2.35. The van der Waals surface area contributed by atoms with Crippen LogP contribution >= 0.6 is 0 Å². The van der Waals surface area contributed by atoms with Crippen molar-refractivity contribution in [2.45, 2.75) is 57.2 Å². The molecule has 152 valence electrons. The first-order chi connectivity index (χ1) is 14.2. The monoisotopic (exact) mass is 389 g/mol. The number of nitrogens with zero attached hydrogens (tertiary/aromatic N) is 4. The number of pyridine rings is 1. The van der Waals surface area contributed by atoms with Crippen LogP contribution in [0.15, 0.2) is 42.6 Å². The number of imidazole rings is 1. The van der Waals surface area contributed by atoms with Crippen molar-refractivity contribution in [3.05, 3.63) is 59.7 Å². The Morgan fingerprint density at radius 1 is 0.966 bits per heavy atom. The number of hydrogen-bond acceptors (Lipinski definition) is 4. The molecule has 1 N–H and O–H groups in total. The molecule has 0 saturated carbocycles. The van der Waals surface area contributed by atoms with Crippen LogP contribution in [-0.4, -0.2) is 39.6 Å². The van der Waals surface area contributed by atoms with Crippen molar-refractivity contribution in [2.24, 2.45) is 0 Å². The molecule has 1 aromatic carbocycles. The van der Waals surface area contributed by atoms with Gasteiger partial charge in [-0.25, -0.2) is 4.98 Å². The van der Waals surface area contributed by atoms with Gasteiger partial charge < -0.3 is 9.88 Å². The zero-order chi connectivity index (χ0) is 19.8. The van der Waals surface area contributed by atoms with Gasteiger partial charge in [-0.15, -0.1) is 0 Å². The molecular formula is C24H31N5. The van der Waals surface area contributed by atoms with Crippen LogP contribution in [0.4, 0.5) is 0 Å². The second kappa shape index (κ2) is 7.88. The highest BCUT2D eigenvalue weighted by molar-refractivity contribution is 5.76. The van der Waals surface area contributed by atoms with Gasteiger partial charge in [-0.2, -0.15) is 0 Å². The van der Waals surface area contributed by atoms with Gasteiger partial charge in [0.05, 0.1) is 28.8 Å². The van der Waals surface area contributed by atoms with E-state index in [1.807, 2.05) is 12.3 Å². The number of likely N-dealkylation sites (tertiary alicyclic amines) is 1. The van der Waals surface area contributed by atoms with Crippen LogP contribution < -0.4 is 5.32 Å². The van der Waals surface area contributed by atoms with E-state index < -0.39 is 0 Å². The lowest BCUT2D eigenvalue weighted by atomic mass is 9.91. The highest BCUT2D eigenvalue weighted by atomic mass is 15.2. The Morgan fingerprint density at radius 2 is 1.76 bits per heavy atom. The lowest BCUT2D eigenvalue weighted by molar-refractivity contribution is 0.102. The molecule has 0 bridgehead atoms. The third-order valence-corrected chi connectivity index (χ3v) is 6.90. The quantitative estimate of drug-likeness (QED) is 0.713. The molecule has 4 heterocycles. The zero-order valence-corrected chi connectivity index (χ0v) is 17.5. The van der Waals surface area contributed by atoms with Crippen molar-refractivity contribution in [3.8, 4) is 0 Å². The Kier molecular flexibility index (Phi) is 5.10. The molecule has 2 aromatic heterocycles. The van der Waals surface area contributed by atoms with Crippen LogP contribution in [0.2, 0.25) is 0 Å². The standard InChI is InChI=1S/C24H31N5/c1-17-7-6-14-26-23(17)21-10-5-11-22(28(21)2)24-27-19-8-3-4-9-20(19)29(24)18-12-15-25-16-13-18/h3-4,6-9,14,18,21-22,25H,5,10-13,15-16H2,1-2H3. The number of benzene rings is 1. The first-order valence-corrected chi connectivity index (χ1v) is 11.0. The first-order valence-electron chi connectivity index (χ1n) is 11.0. The van der Waals surface area contributed by atoms with Crippen molar-refractivity contribution in [1.29, 1.82) is 0 Å². The summed E-state index contributed by atoms with van der Waals surface area (Å²) in [6, 6.07) is 14.1. The van der Waals surface area contributed by atoms with Gasteiger partial charge in [0.2, 0.25) is 0 Å². The molecule has 5 nitrogen and oxygen atoms in total. The fourth-order valence-electron chi connectivity index (χ4n) is 5.36. The summed E-state index contributed by atoms with van der Waals surface area (Å²) < 4.78 is 2.57. The van der Waals surface area contributed by atoms with Crippen LogP contribution in [0.1, 0.15) is 67.3 Å². The molecule has 3 aromatic rings. The summed E-state index contributed by atoms with van der Waals surface area (Å²) >= 11 is 0. The maximum atomic E-state index is 5.19. The Hall–Kier alpha value is -2.24. The topological polar surface area (TPSA) is 46.0 Å². The van der Waals surface area contributed by atoms with Gasteiger partial charge in [0.25, 0.3) is 0 Å². The average Bonchev–Trinajstić information content (AvgIpc) is 3.14. The highest BCUT2D eigenvalue weighted by Crippen LogP contribution is 2.42. The molecule has 29 heavy (non-hydrogen) atoms. The molecule has 2 aliphatic heterocycles. The number of hydrogen-bond donors (Lipinski definition) is 1. The maximum Gasteiger partial charge on any atom is 0.127 e. The number of aryl methyl sites for hydroxylation is 1. The smallest absolute Gasteiger partial charge is 0.127 e. The van der Waals surface area contributed by atoms with E-state index in [-0.39, 0.29) is 0 Å². The number of nitrogens with one attached hydrogen (secondary N) is 1. The number of fused-ring (bicyclic) bond motifs is 1. The normalized spacial score (nSPS) is 24.2.